The van der Waals surface area contributed by atoms with Crippen molar-refractivity contribution >= 4 is 17.5 Å². The Morgan fingerprint density at radius 1 is 1.19 bits per heavy atom. The highest BCUT2D eigenvalue weighted by atomic mass is 16.2. The number of nitrogens with zero attached hydrogens (tertiary/aromatic N) is 6. The molecule has 0 spiro atoms. The number of aryl methyl sites for hydroxylation is 2. The van der Waals surface area contributed by atoms with Gasteiger partial charge in [0.05, 0.1) is 12.7 Å². The van der Waals surface area contributed by atoms with Gasteiger partial charge in [-0.15, -0.1) is 0 Å². The highest BCUT2D eigenvalue weighted by molar-refractivity contribution is 5.74. The number of amides is 1. The molecule has 3 aromatic rings. The van der Waals surface area contributed by atoms with Gasteiger partial charge in [-0.3, -0.25) is 14.2 Å². The first-order chi connectivity index (χ1) is 12.5. The quantitative estimate of drug-likeness (QED) is 0.779. The van der Waals surface area contributed by atoms with Gasteiger partial charge in [0.25, 0.3) is 0 Å². The number of rotatable bonds is 3. The van der Waals surface area contributed by atoms with E-state index >= 15 is 0 Å². The van der Waals surface area contributed by atoms with Crippen LogP contribution in [0.1, 0.15) is 18.2 Å². The monoisotopic (exact) mass is 351 g/mol. The zero-order chi connectivity index (χ0) is 18.3. The number of anilines is 2. The van der Waals surface area contributed by atoms with Crippen LogP contribution in [0.15, 0.2) is 30.7 Å². The summed E-state index contributed by atoms with van der Waals surface area (Å²) in [7, 11) is 3.83. The Balaban J connectivity index is 1.57. The van der Waals surface area contributed by atoms with E-state index in [-0.39, 0.29) is 5.91 Å². The van der Waals surface area contributed by atoms with Crippen LogP contribution < -0.4 is 5.32 Å². The average molecular weight is 351 g/mol. The largest absolute Gasteiger partial charge is 0.338 e. The van der Waals surface area contributed by atoms with Gasteiger partial charge in [-0.05, 0) is 12.1 Å². The molecule has 0 unspecified atom stereocenters. The highest BCUT2D eigenvalue weighted by Crippen LogP contribution is 2.28. The SMILES string of the molecule is CC(=O)N1CCc2c(c(Nc3ccc(-c4cnn(C)c4)cn3)nn2C)C1. The van der Waals surface area contributed by atoms with Crippen molar-refractivity contribution in [2.45, 2.75) is 19.9 Å². The van der Waals surface area contributed by atoms with Crippen molar-refractivity contribution in [3.63, 3.8) is 0 Å². The van der Waals surface area contributed by atoms with Crippen molar-refractivity contribution in [2.24, 2.45) is 14.1 Å². The molecule has 134 valence electrons. The lowest BCUT2D eigenvalue weighted by molar-refractivity contribution is -0.129. The molecule has 8 heteroatoms. The maximum Gasteiger partial charge on any atom is 0.219 e. The van der Waals surface area contributed by atoms with Crippen molar-refractivity contribution in [2.75, 3.05) is 11.9 Å². The van der Waals surface area contributed by atoms with E-state index in [1.54, 1.807) is 11.6 Å². The van der Waals surface area contributed by atoms with Crippen LogP contribution in [0.3, 0.4) is 0 Å². The van der Waals surface area contributed by atoms with Gasteiger partial charge in [-0.1, -0.05) is 0 Å². The van der Waals surface area contributed by atoms with Crippen molar-refractivity contribution in [1.29, 1.82) is 0 Å². The summed E-state index contributed by atoms with van der Waals surface area (Å²) in [6, 6.07) is 3.93. The molecule has 4 rings (SSSR count). The second kappa shape index (κ2) is 6.29. The molecule has 1 aliphatic heterocycles. The summed E-state index contributed by atoms with van der Waals surface area (Å²) >= 11 is 0. The molecule has 3 aromatic heterocycles. The second-order valence-electron chi connectivity index (χ2n) is 6.55. The summed E-state index contributed by atoms with van der Waals surface area (Å²) in [5.41, 5.74) is 4.26. The Bertz CT molecular complexity index is 955. The summed E-state index contributed by atoms with van der Waals surface area (Å²) in [6.45, 7) is 2.92. The minimum Gasteiger partial charge on any atom is -0.338 e. The number of nitrogens with one attached hydrogen (secondary N) is 1. The predicted molar refractivity (Wildman–Crippen MR) is 97.7 cm³/mol. The van der Waals surface area contributed by atoms with Crippen LogP contribution in [0.5, 0.6) is 0 Å². The molecule has 0 saturated heterocycles. The van der Waals surface area contributed by atoms with E-state index in [0.29, 0.717) is 6.54 Å². The molecule has 0 radical (unpaired) electrons. The molecule has 4 heterocycles. The van der Waals surface area contributed by atoms with Gasteiger partial charge in [0, 0.05) is 68.8 Å². The molecule has 0 fully saturated rings. The third kappa shape index (κ3) is 2.94. The number of hydrogen-bond acceptors (Lipinski definition) is 5. The van der Waals surface area contributed by atoms with Crippen LogP contribution in [-0.4, -0.2) is 41.9 Å². The topological polar surface area (TPSA) is 80.9 Å². The van der Waals surface area contributed by atoms with Gasteiger partial charge in [0.15, 0.2) is 5.82 Å². The first-order valence-electron chi connectivity index (χ1n) is 8.53. The number of hydrogen-bond donors (Lipinski definition) is 1. The standard InChI is InChI=1S/C18H21N7O/c1-12(26)25-7-6-16-15(11-25)18(22-24(16)3)21-17-5-4-13(8-19-17)14-9-20-23(2)10-14/h4-5,8-10H,6-7,11H2,1-3H3,(H,19,21,22). The second-order valence-corrected chi connectivity index (χ2v) is 6.55. The number of carbonyl (C=O) groups is 1. The lowest BCUT2D eigenvalue weighted by atomic mass is 10.1. The lowest BCUT2D eigenvalue weighted by Crippen LogP contribution is -2.34. The Labute approximate surface area is 151 Å². The van der Waals surface area contributed by atoms with E-state index in [1.165, 1.54) is 0 Å². The van der Waals surface area contributed by atoms with Gasteiger partial charge in [-0.25, -0.2) is 4.98 Å². The van der Waals surface area contributed by atoms with E-state index in [4.69, 9.17) is 0 Å². The number of fused-ring (bicyclic) bond motifs is 1. The summed E-state index contributed by atoms with van der Waals surface area (Å²) in [5.74, 6) is 1.57. The average Bonchev–Trinajstić information content (AvgIpc) is 3.19. The fraction of sp³-hybridized carbons (Fsp3) is 0.333. The molecule has 0 aromatic carbocycles. The Hall–Kier alpha value is -3.16. The first kappa shape index (κ1) is 16.3. The van der Waals surface area contributed by atoms with Crippen LogP contribution in [-0.2, 0) is 31.9 Å². The summed E-state index contributed by atoms with van der Waals surface area (Å²) in [6.07, 6.45) is 6.40. The third-order valence-electron chi connectivity index (χ3n) is 4.74. The molecular weight excluding hydrogens is 330 g/mol. The summed E-state index contributed by atoms with van der Waals surface area (Å²) < 4.78 is 3.65. The van der Waals surface area contributed by atoms with Crippen LogP contribution >= 0.6 is 0 Å². The van der Waals surface area contributed by atoms with Crippen molar-refractivity contribution in [3.8, 4) is 11.1 Å². The summed E-state index contributed by atoms with van der Waals surface area (Å²) in [5, 5.41) is 12.1. The Morgan fingerprint density at radius 2 is 2.04 bits per heavy atom. The first-order valence-corrected chi connectivity index (χ1v) is 8.53. The Kier molecular flexibility index (Phi) is 3.95. The number of carbonyl (C=O) groups excluding carboxylic acids is 1. The van der Waals surface area contributed by atoms with Crippen LogP contribution in [0.4, 0.5) is 11.6 Å². The molecule has 26 heavy (non-hydrogen) atoms. The van der Waals surface area contributed by atoms with Crippen molar-refractivity contribution in [1.82, 2.24) is 29.4 Å². The number of aromatic nitrogens is 5. The van der Waals surface area contributed by atoms with Crippen molar-refractivity contribution < 1.29 is 4.79 Å². The number of pyridine rings is 1. The molecule has 0 atom stereocenters. The fourth-order valence-electron chi connectivity index (χ4n) is 3.29. The zero-order valence-electron chi connectivity index (χ0n) is 15.1. The molecule has 1 amide bonds. The van der Waals surface area contributed by atoms with Gasteiger partial charge in [-0.2, -0.15) is 10.2 Å². The van der Waals surface area contributed by atoms with E-state index in [2.05, 4.69) is 20.5 Å². The van der Waals surface area contributed by atoms with Gasteiger partial charge >= 0.3 is 0 Å². The lowest BCUT2D eigenvalue weighted by Gasteiger charge is -2.26. The third-order valence-corrected chi connectivity index (χ3v) is 4.74. The smallest absolute Gasteiger partial charge is 0.219 e. The molecule has 1 N–H and O–H groups in total. The molecule has 0 aliphatic carbocycles. The molecular formula is C18H21N7O. The van der Waals surface area contributed by atoms with Crippen molar-refractivity contribution in [3.05, 3.63) is 42.0 Å². The normalized spacial score (nSPS) is 13.6. The maximum atomic E-state index is 11.7. The molecule has 0 bridgehead atoms. The van der Waals surface area contributed by atoms with Crippen LogP contribution in [0, 0.1) is 0 Å². The summed E-state index contributed by atoms with van der Waals surface area (Å²) in [4.78, 5) is 18.1. The molecule has 0 saturated carbocycles. The van der Waals surface area contributed by atoms with E-state index in [9.17, 15) is 4.79 Å². The zero-order valence-corrected chi connectivity index (χ0v) is 15.1. The van der Waals surface area contributed by atoms with E-state index in [0.717, 1.165) is 47.0 Å². The minimum absolute atomic E-state index is 0.0874. The van der Waals surface area contributed by atoms with Gasteiger partial charge in [0.1, 0.15) is 5.82 Å². The fourth-order valence-corrected chi connectivity index (χ4v) is 3.29. The molecule has 1 aliphatic rings. The maximum absolute atomic E-state index is 11.7. The van der Waals surface area contributed by atoms with Gasteiger partial charge in [0.2, 0.25) is 5.91 Å². The van der Waals surface area contributed by atoms with Gasteiger partial charge < -0.3 is 10.2 Å². The Morgan fingerprint density at radius 3 is 2.69 bits per heavy atom. The van der Waals surface area contributed by atoms with E-state index < -0.39 is 0 Å². The highest BCUT2D eigenvalue weighted by Gasteiger charge is 2.25. The van der Waals surface area contributed by atoms with E-state index in [1.807, 2.05) is 54.4 Å². The van der Waals surface area contributed by atoms with Crippen LogP contribution in [0.2, 0.25) is 0 Å². The van der Waals surface area contributed by atoms with Crippen LogP contribution in [0.25, 0.3) is 11.1 Å². The predicted octanol–water partition coefficient (Wildman–Crippen LogP) is 1.86. The molecule has 8 nitrogen and oxygen atoms in total. The minimum atomic E-state index is 0.0874.